The highest BCUT2D eigenvalue weighted by molar-refractivity contribution is 9.10. The number of aromatic nitrogens is 4. The second-order valence-electron chi connectivity index (χ2n) is 9.58. The maximum Gasteiger partial charge on any atom is 0.274 e. The zero-order valence-electron chi connectivity index (χ0n) is 23.9. The van der Waals surface area contributed by atoms with Gasteiger partial charge in [0.25, 0.3) is 11.8 Å². The van der Waals surface area contributed by atoms with Crippen LogP contribution >= 0.6 is 31.9 Å². The normalized spacial score (nSPS) is 10.7. The number of halogens is 4. The summed E-state index contributed by atoms with van der Waals surface area (Å²) in [6.07, 6.45) is 5.20. The minimum atomic E-state index is -0.522. The lowest BCUT2D eigenvalue weighted by Gasteiger charge is -2.10. The molecule has 2 amide bonds. The standard InChI is InChI=1S/C15H17BrFN3O.C14H15BrFN3O2/c1-4-5-10-8-18-20(3)14(10)15(21)19-13-6-9(2)11(16)7-12(13)17;1-8-5-12(11(16)6-10(8)15)18-14(21)13-9(3-4-20)7-17-19(13)2/h6-8H,4-5H2,1-3H3,(H,19,21);5-7,20H,3-4H2,1-2H3,(H,18,21). The van der Waals surface area contributed by atoms with Crippen LogP contribution in [0, 0.1) is 25.5 Å². The van der Waals surface area contributed by atoms with E-state index in [0.29, 0.717) is 32.3 Å². The van der Waals surface area contributed by atoms with Crippen LogP contribution in [0.15, 0.2) is 45.6 Å². The van der Waals surface area contributed by atoms with Gasteiger partial charge in [-0.25, -0.2) is 8.78 Å². The number of hydrogen-bond acceptors (Lipinski definition) is 5. The molecule has 224 valence electrons. The molecule has 4 aromatic rings. The number of hydrogen-bond donors (Lipinski definition) is 3. The van der Waals surface area contributed by atoms with Gasteiger partial charge in [0.15, 0.2) is 0 Å². The van der Waals surface area contributed by atoms with E-state index < -0.39 is 17.5 Å². The summed E-state index contributed by atoms with van der Waals surface area (Å²) >= 11 is 6.50. The number of carbonyl (C=O) groups excluding carboxylic acids is 2. The van der Waals surface area contributed by atoms with Crippen molar-refractivity contribution in [3.05, 3.63) is 90.9 Å². The Balaban J connectivity index is 0.000000230. The van der Waals surface area contributed by atoms with Crippen molar-refractivity contribution in [2.45, 2.75) is 40.0 Å². The lowest BCUT2D eigenvalue weighted by Crippen LogP contribution is -2.19. The molecule has 2 heterocycles. The van der Waals surface area contributed by atoms with Gasteiger partial charge in [-0.15, -0.1) is 0 Å². The van der Waals surface area contributed by atoms with Crippen LogP contribution in [0.3, 0.4) is 0 Å². The Kier molecular flexibility index (Phi) is 11.5. The monoisotopic (exact) mass is 708 g/mol. The summed E-state index contributed by atoms with van der Waals surface area (Å²) in [5.74, 6) is -1.80. The lowest BCUT2D eigenvalue weighted by atomic mass is 10.1. The highest BCUT2D eigenvalue weighted by Gasteiger charge is 2.19. The number of amides is 2. The first-order valence-electron chi connectivity index (χ1n) is 13.0. The van der Waals surface area contributed by atoms with E-state index >= 15 is 0 Å². The number of aliphatic hydroxyl groups excluding tert-OH is 1. The van der Waals surface area contributed by atoms with Crippen LogP contribution < -0.4 is 10.6 Å². The molecule has 0 unspecified atom stereocenters. The van der Waals surface area contributed by atoms with Gasteiger partial charge in [0, 0.05) is 40.8 Å². The van der Waals surface area contributed by atoms with Crippen LogP contribution in [0.4, 0.5) is 20.2 Å². The molecule has 3 N–H and O–H groups in total. The van der Waals surface area contributed by atoms with Crippen molar-refractivity contribution in [1.82, 2.24) is 19.6 Å². The number of nitrogens with zero attached hydrogens (tertiary/aromatic N) is 4. The van der Waals surface area contributed by atoms with Crippen LogP contribution in [0.25, 0.3) is 0 Å². The molecule has 0 atom stereocenters. The van der Waals surface area contributed by atoms with Gasteiger partial charge in [0.1, 0.15) is 23.0 Å². The summed E-state index contributed by atoms with van der Waals surface area (Å²) in [5, 5.41) is 22.3. The molecule has 0 aliphatic heterocycles. The summed E-state index contributed by atoms with van der Waals surface area (Å²) in [5.41, 5.74) is 4.21. The predicted molar refractivity (Wildman–Crippen MR) is 165 cm³/mol. The van der Waals surface area contributed by atoms with Gasteiger partial charge in [-0.3, -0.25) is 19.0 Å². The van der Waals surface area contributed by atoms with E-state index in [-0.39, 0.29) is 23.9 Å². The zero-order chi connectivity index (χ0) is 31.1. The number of rotatable bonds is 8. The number of aryl methyl sites for hydroxylation is 5. The fourth-order valence-corrected chi connectivity index (χ4v) is 4.81. The molecular weight excluding hydrogens is 678 g/mol. The largest absolute Gasteiger partial charge is 0.396 e. The molecule has 0 bridgehead atoms. The Morgan fingerprint density at radius 1 is 0.810 bits per heavy atom. The zero-order valence-corrected chi connectivity index (χ0v) is 27.0. The second kappa shape index (κ2) is 14.7. The summed E-state index contributed by atoms with van der Waals surface area (Å²) in [7, 11) is 3.33. The van der Waals surface area contributed by atoms with Gasteiger partial charge in [-0.2, -0.15) is 10.2 Å². The molecule has 42 heavy (non-hydrogen) atoms. The van der Waals surface area contributed by atoms with Crippen LogP contribution in [0.5, 0.6) is 0 Å². The SMILES string of the molecule is CCCc1cnn(C)c1C(=O)Nc1cc(C)c(Br)cc1F.Cc1cc(NC(=O)c2c(CCO)cnn2C)c(F)cc1Br. The van der Waals surface area contributed by atoms with Crippen molar-refractivity contribution in [2.24, 2.45) is 14.1 Å². The van der Waals surface area contributed by atoms with Crippen LogP contribution in [0.1, 0.15) is 56.6 Å². The van der Waals surface area contributed by atoms with Crippen molar-refractivity contribution in [2.75, 3.05) is 17.2 Å². The van der Waals surface area contributed by atoms with Crippen molar-refractivity contribution < 1.29 is 23.5 Å². The van der Waals surface area contributed by atoms with Crippen molar-refractivity contribution >= 4 is 55.0 Å². The second-order valence-corrected chi connectivity index (χ2v) is 11.3. The maximum atomic E-state index is 13.9. The smallest absolute Gasteiger partial charge is 0.274 e. The van der Waals surface area contributed by atoms with Gasteiger partial charge < -0.3 is 15.7 Å². The van der Waals surface area contributed by atoms with E-state index in [1.54, 1.807) is 39.3 Å². The first-order valence-corrected chi connectivity index (χ1v) is 14.6. The van der Waals surface area contributed by atoms with Crippen molar-refractivity contribution in [3.63, 3.8) is 0 Å². The highest BCUT2D eigenvalue weighted by atomic mass is 79.9. The van der Waals surface area contributed by atoms with Gasteiger partial charge in [0.2, 0.25) is 0 Å². The highest BCUT2D eigenvalue weighted by Crippen LogP contribution is 2.26. The molecule has 9 nitrogen and oxygen atoms in total. The molecule has 0 radical (unpaired) electrons. The van der Waals surface area contributed by atoms with Crippen molar-refractivity contribution in [1.29, 1.82) is 0 Å². The summed E-state index contributed by atoms with van der Waals surface area (Å²) in [4.78, 5) is 24.7. The van der Waals surface area contributed by atoms with Crippen LogP contribution in [0.2, 0.25) is 0 Å². The molecule has 0 fully saturated rings. The number of anilines is 2. The molecule has 0 aliphatic carbocycles. The van der Waals surface area contributed by atoms with Crippen LogP contribution in [-0.4, -0.2) is 43.1 Å². The van der Waals surface area contributed by atoms with E-state index in [2.05, 4.69) is 52.7 Å². The third kappa shape index (κ3) is 7.90. The number of carbonyl (C=O) groups is 2. The molecule has 0 spiro atoms. The minimum Gasteiger partial charge on any atom is -0.396 e. The van der Waals surface area contributed by atoms with Gasteiger partial charge >= 0.3 is 0 Å². The molecule has 0 aliphatic rings. The quantitative estimate of drug-likeness (QED) is 0.200. The number of nitrogens with one attached hydrogen (secondary N) is 2. The molecular formula is C29H32Br2F2N6O3. The third-order valence-corrected chi connectivity index (χ3v) is 8.06. The van der Waals surface area contributed by atoms with Gasteiger partial charge in [-0.05, 0) is 62.1 Å². The van der Waals surface area contributed by atoms with Gasteiger partial charge in [-0.1, -0.05) is 45.2 Å². The Bertz CT molecular complexity index is 1480. The van der Waals surface area contributed by atoms with E-state index in [1.807, 2.05) is 13.8 Å². The van der Waals surface area contributed by atoms with Gasteiger partial charge in [0.05, 0.1) is 23.8 Å². The first kappa shape index (κ1) is 33.1. The lowest BCUT2D eigenvalue weighted by molar-refractivity contribution is 0.100. The summed E-state index contributed by atoms with van der Waals surface area (Å²) in [6.45, 7) is 5.59. The molecule has 4 rings (SSSR count). The average molecular weight is 710 g/mol. The predicted octanol–water partition coefficient (Wildman–Crippen LogP) is 6.25. The Labute approximate surface area is 259 Å². The molecule has 0 saturated heterocycles. The number of benzene rings is 2. The van der Waals surface area contributed by atoms with E-state index in [4.69, 9.17) is 5.11 Å². The topological polar surface area (TPSA) is 114 Å². The molecule has 2 aromatic carbocycles. The van der Waals surface area contributed by atoms with E-state index in [0.717, 1.165) is 29.5 Å². The van der Waals surface area contributed by atoms with E-state index in [9.17, 15) is 18.4 Å². The fourth-order valence-electron chi connectivity index (χ4n) is 4.18. The third-order valence-electron chi connectivity index (χ3n) is 6.35. The minimum absolute atomic E-state index is 0.0856. The maximum absolute atomic E-state index is 13.9. The molecule has 0 saturated carbocycles. The Morgan fingerprint density at radius 2 is 1.21 bits per heavy atom. The number of aliphatic hydroxyl groups is 1. The summed E-state index contributed by atoms with van der Waals surface area (Å²) < 4.78 is 32.0. The Hall–Kier alpha value is -3.42. The fraction of sp³-hybridized carbons (Fsp3) is 0.310. The Morgan fingerprint density at radius 3 is 1.60 bits per heavy atom. The average Bonchev–Trinajstić information content (AvgIpc) is 3.48. The molecule has 13 heteroatoms. The first-order chi connectivity index (χ1) is 19.9. The van der Waals surface area contributed by atoms with Crippen molar-refractivity contribution in [3.8, 4) is 0 Å². The van der Waals surface area contributed by atoms with E-state index in [1.165, 1.54) is 27.7 Å². The van der Waals surface area contributed by atoms with Crippen LogP contribution in [-0.2, 0) is 26.9 Å². The molecule has 2 aromatic heterocycles. The summed E-state index contributed by atoms with van der Waals surface area (Å²) in [6, 6.07) is 5.82.